The van der Waals surface area contributed by atoms with Crippen LogP contribution in [0.4, 0.5) is 0 Å². The second-order valence-electron chi connectivity index (χ2n) is 11.2. The van der Waals surface area contributed by atoms with Gasteiger partial charge in [-0.1, -0.05) is 115 Å². The summed E-state index contributed by atoms with van der Waals surface area (Å²) in [5.74, 6) is 2.25. The summed E-state index contributed by atoms with van der Waals surface area (Å²) in [7, 11) is 0. The topological polar surface area (TPSA) is 79.5 Å². The fourth-order valence-corrected chi connectivity index (χ4v) is 5.47. The van der Waals surface area contributed by atoms with Crippen molar-refractivity contribution < 1.29 is 4.74 Å². The van der Waals surface area contributed by atoms with Gasteiger partial charge in [-0.15, -0.1) is 0 Å². The Balaban J connectivity index is 1.11. The number of aromatic amines is 2. The molecule has 0 aliphatic rings. The molecule has 3 aromatic heterocycles. The number of unbranched alkanes of at least 4 members (excludes halogenated alkanes) is 13. The van der Waals surface area contributed by atoms with Crippen LogP contribution in [0.5, 0.6) is 5.75 Å². The minimum absolute atomic E-state index is 0.696. The molecule has 3 heterocycles. The molecule has 41 heavy (non-hydrogen) atoms. The first-order chi connectivity index (χ1) is 20.3. The fraction of sp³-hybridized carbons (Fsp3) is 0.457. The lowest BCUT2D eigenvalue weighted by Gasteiger charge is -2.09. The second-order valence-corrected chi connectivity index (χ2v) is 11.2. The Morgan fingerprint density at radius 3 is 1.44 bits per heavy atom. The van der Waals surface area contributed by atoms with Crippen molar-refractivity contribution in [3.63, 3.8) is 0 Å². The summed E-state index contributed by atoms with van der Waals surface area (Å²) in [6.07, 6.45) is 18.9. The Morgan fingerprint density at radius 2 is 0.976 bits per heavy atom. The Bertz CT molecular complexity index is 1330. The van der Waals surface area contributed by atoms with Crippen molar-refractivity contribution >= 4 is 22.1 Å². The lowest BCUT2D eigenvalue weighted by Crippen LogP contribution is -2.00. The number of nitrogens with one attached hydrogen (secondary N) is 2. The molecule has 0 spiro atoms. The predicted molar refractivity (Wildman–Crippen MR) is 170 cm³/mol. The van der Waals surface area contributed by atoms with Gasteiger partial charge in [-0.25, -0.2) is 15.0 Å². The summed E-state index contributed by atoms with van der Waals surface area (Å²) < 4.78 is 6.26. The molecule has 0 aliphatic carbocycles. The van der Waals surface area contributed by atoms with Gasteiger partial charge in [-0.2, -0.15) is 0 Å². The number of imidazole rings is 2. The zero-order valence-corrected chi connectivity index (χ0v) is 24.6. The highest BCUT2D eigenvalue weighted by Crippen LogP contribution is 2.28. The van der Waals surface area contributed by atoms with E-state index in [4.69, 9.17) is 19.7 Å². The number of hydrogen-bond acceptors (Lipinski definition) is 4. The van der Waals surface area contributed by atoms with Crippen molar-refractivity contribution in [2.75, 3.05) is 6.61 Å². The molecule has 0 atom stereocenters. The van der Waals surface area contributed by atoms with Crippen LogP contribution in [-0.4, -0.2) is 31.5 Å². The zero-order chi connectivity index (χ0) is 28.1. The van der Waals surface area contributed by atoms with Gasteiger partial charge in [0.25, 0.3) is 0 Å². The normalized spacial score (nSPS) is 11.5. The van der Waals surface area contributed by atoms with Crippen molar-refractivity contribution in [2.45, 2.75) is 96.8 Å². The molecule has 0 bridgehead atoms. The first-order valence-corrected chi connectivity index (χ1v) is 15.9. The largest absolute Gasteiger partial charge is 0.493 e. The number of aromatic nitrogens is 5. The van der Waals surface area contributed by atoms with Gasteiger partial charge in [0.1, 0.15) is 17.1 Å². The Kier molecular flexibility index (Phi) is 10.8. The molecule has 5 rings (SSSR count). The molecule has 0 saturated carbocycles. The van der Waals surface area contributed by atoms with Crippen LogP contribution in [0.2, 0.25) is 0 Å². The van der Waals surface area contributed by atoms with E-state index in [1.807, 2.05) is 60.7 Å². The predicted octanol–water partition coefficient (Wildman–Crippen LogP) is 10.0. The van der Waals surface area contributed by atoms with Crippen LogP contribution in [0.25, 0.3) is 45.1 Å². The summed E-state index contributed by atoms with van der Waals surface area (Å²) in [5, 5.41) is 0. The molecule has 0 saturated heterocycles. The SMILES string of the molecule is CCCCCCCCCCCCCCCCOc1cc(-c2nc3ccccc3[nH]2)nc(-c2nc3ccccc3[nH]2)c1. The smallest absolute Gasteiger partial charge is 0.157 e. The standard InChI is InChI=1S/C35H45N5O/c1-2-3-4-5-6-7-8-9-10-11-12-13-14-19-24-41-27-25-32(34-37-28-20-15-16-21-29(28)38-34)36-33(26-27)35-39-30-22-17-18-23-31(30)40-35/h15-18,20-23,25-26H,2-14,19,24H2,1H3,(H,37,38)(H,39,40). The summed E-state index contributed by atoms with van der Waals surface area (Å²) in [4.78, 5) is 21.3. The Morgan fingerprint density at radius 1 is 0.537 bits per heavy atom. The van der Waals surface area contributed by atoms with E-state index in [1.165, 1.54) is 83.5 Å². The lowest BCUT2D eigenvalue weighted by atomic mass is 10.0. The molecule has 5 aromatic rings. The third-order valence-electron chi connectivity index (χ3n) is 7.83. The second kappa shape index (κ2) is 15.4. The number of nitrogens with zero attached hydrogens (tertiary/aromatic N) is 3. The summed E-state index contributed by atoms with van der Waals surface area (Å²) in [6, 6.07) is 20.0. The van der Waals surface area contributed by atoms with Crippen LogP contribution in [0.1, 0.15) is 96.8 Å². The highest BCUT2D eigenvalue weighted by atomic mass is 16.5. The van der Waals surface area contributed by atoms with Gasteiger partial charge >= 0.3 is 0 Å². The van der Waals surface area contributed by atoms with Crippen LogP contribution < -0.4 is 4.74 Å². The van der Waals surface area contributed by atoms with Crippen LogP contribution in [0.15, 0.2) is 60.7 Å². The molecule has 2 aromatic carbocycles. The van der Waals surface area contributed by atoms with Gasteiger partial charge in [0.2, 0.25) is 0 Å². The van der Waals surface area contributed by atoms with Gasteiger partial charge in [-0.05, 0) is 30.7 Å². The van der Waals surface area contributed by atoms with Gasteiger partial charge in [0.05, 0.1) is 28.7 Å². The van der Waals surface area contributed by atoms with E-state index in [2.05, 4.69) is 16.9 Å². The highest BCUT2D eigenvalue weighted by Gasteiger charge is 2.14. The average Bonchev–Trinajstić information content (AvgIpc) is 3.64. The third kappa shape index (κ3) is 8.42. The number of pyridine rings is 1. The number of rotatable bonds is 18. The maximum atomic E-state index is 6.26. The molecule has 0 amide bonds. The first kappa shape index (κ1) is 28.8. The Hall–Kier alpha value is -3.67. The van der Waals surface area contributed by atoms with E-state index in [0.717, 1.165) is 57.3 Å². The minimum atomic E-state index is 0.696. The molecular weight excluding hydrogens is 506 g/mol. The van der Waals surface area contributed by atoms with Crippen molar-refractivity contribution in [3.05, 3.63) is 60.7 Å². The highest BCUT2D eigenvalue weighted by molar-refractivity contribution is 5.81. The molecule has 0 fully saturated rings. The van der Waals surface area contributed by atoms with Gasteiger partial charge in [0.15, 0.2) is 11.6 Å². The summed E-state index contributed by atoms with van der Waals surface area (Å²) >= 11 is 0. The van der Waals surface area contributed by atoms with E-state index in [9.17, 15) is 0 Å². The number of hydrogen-bond donors (Lipinski definition) is 2. The molecule has 2 N–H and O–H groups in total. The maximum absolute atomic E-state index is 6.26. The van der Waals surface area contributed by atoms with Crippen molar-refractivity contribution in [1.29, 1.82) is 0 Å². The van der Waals surface area contributed by atoms with E-state index in [1.54, 1.807) is 0 Å². The molecule has 216 valence electrons. The van der Waals surface area contributed by atoms with Crippen LogP contribution in [-0.2, 0) is 0 Å². The monoisotopic (exact) mass is 551 g/mol. The molecule has 0 aliphatic heterocycles. The summed E-state index contributed by atoms with van der Waals surface area (Å²) in [5.41, 5.74) is 5.31. The van der Waals surface area contributed by atoms with E-state index in [-0.39, 0.29) is 0 Å². The number of para-hydroxylation sites is 4. The van der Waals surface area contributed by atoms with E-state index >= 15 is 0 Å². The van der Waals surface area contributed by atoms with Crippen molar-refractivity contribution in [1.82, 2.24) is 24.9 Å². The molecular formula is C35H45N5O. The number of benzene rings is 2. The number of ether oxygens (including phenoxy) is 1. The lowest BCUT2D eigenvalue weighted by molar-refractivity contribution is 0.304. The van der Waals surface area contributed by atoms with Gasteiger partial charge in [-0.3, -0.25) is 0 Å². The number of H-pyrrole nitrogens is 2. The van der Waals surface area contributed by atoms with Crippen molar-refractivity contribution in [2.24, 2.45) is 0 Å². The molecule has 0 radical (unpaired) electrons. The van der Waals surface area contributed by atoms with E-state index in [0.29, 0.717) is 6.61 Å². The van der Waals surface area contributed by atoms with Crippen LogP contribution in [0, 0.1) is 0 Å². The molecule has 0 unspecified atom stereocenters. The third-order valence-corrected chi connectivity index (χ3v) is 7.83. The first-order valence-electron chi connectivity index (χ1n) is 15.9. The van der Waals surface area contributed by atoms with Crippen molar-refractivity contribution in [3.8, 4) is 28.8 Å². The fourth-order valence-electron chi connectivity index (χ4n) is 5.47. The van der Waals surface area contributed by atoms with Crippen LogP contribution >= 0.6 is 0 Å². The number of fused-ring (bicyclic) bond motifs is 2. The van der Waals surface area contributed by atoms with E-state index < -0.39 is 0 Å². The summed E-state index contributed by atoms with van der Waals surface area (Å²) in [6.45, 7) is 2.98. The minimum Gasteiger partial charge on any atom is -0.493 e. The van der Waals surface area contributed by atoms with Crippen LogP contribution in [0.3, 0.4) is 0 Å². The molecule has 6 nitrogen and oxygen atoms in total. The van der Waals surface area contributed by atoms with Gasteiger partial charge < -0.3 is 14.7 Å². The maximum Gasteiger partial charge on any atom is 0.157 e. The zero-order valence-electron chi connectivity index (χ0n) is 24.6. The Labute approximate surface area is 244 Å². The average molecular weight is 552 g/mol. The van der Waals surface area contributed by atoms with Gasteiger partial charge in [0, 0.05) is 12.1 Å². The quantitative estimate of drug-likeness (QED) is 0.106. The molecule has 6 heteroatoms.